The van der Waals surface area contributed by atoms with Crippen LogP contribution in [0.4, 0.5) is 0 Å². The summed E-state index contributed by atoms with van der Waals surface area (Å²) in [6.07, 6.45) is 1.45. The Bertz CT molecular complexity index is 327. The van der Waals surface area contributed by atoms with Crippen molar-refractivity contribution in [1.82, 2.24) is 5.32 Å². The Balaban J connectivity index is 2.33. The molecular formula is C12H20N2O2S. The maximum atomic E-state index is 11.8. The Labute approximate surface area is 106 Å². The summed E-state index contributed by atoms with van der Waals surface area (Å²) in [4.78, 5) is 11.8. The number of amides is 1. The second-order valence-electron chi connectivity index (χ2n) is 4.03. The summed E-state index contributed by atoms with van der Waals surface area (Å²) in [5.41, 5.74) is 6.91. The molecule has 1 rings (SSSR count). The fourth-order valence-corrected chi connectivity index (χ4v) is 2.26. The van der Waals surface area contributed by atoms with Gasteiger partial charge in [-0.25, -0.2) is 0 Å². The molecule has 0 saturated heterocycles. The number of nitrogens with one attached hydrogen (secondary N) is 1. The van der Waals surface area contributed by atoms with Crippen molar-refractivity contribution in [1.29, 1.82) is 0 Å². The SMILES string of the molecule is COCCCC(N)C(=O)NC(C)c1ccsc1. The second kappa shape index (κ2) is 7.42. The van der Waals surface area contributed by atoms with Crippen molar-refractivity contribution < 1.29 is 9.53 Å². The van der Waals surface area contributed by atoms with Crippen LogP contribution in [0.15, 0.2) is 16.8 Å². The third-order valence-electron chi connectivity index (χ3n) is 2.60. The first kappa shape index (κ1) is 14.2. The molecule has 0 aliphatic carbocycles. The molecule has 3 N–H and O–H groups in total. The van der Waals surface area contributed by atoms with Gasteiger partial charge in [0.1, 0.15) is 0 Å². The van der Waals surface area contributed by atoms with Gasteiger partial charge in [-0.2, -0.15) is 11.3 Å². The molecule has 96 valence electrons. The van der Waals surface area contributed by atoms with Gasteiger partial charge in [0, 0.05) is 13.7 Å². The van der Waals surface area contributed by atoms with Crippen molar-refractivity contribution in [2.75, 3.05) is 13.7 Å². The van der Waals surface area contributed by atoms with E-state index in [0.29, 0.717) is 13.0 Å². The Morgan fingerprint density at radius 2 is 2.41 bits per heavy atom. The van der Waals surface area contributed by atoms with Crippen molar-refractivity contribution in [2.45, 2.75) is 31.8 Å². The minimum absolute atomic E-state index is 0.0159. The van der Waals surface area contributed by atoms with E-state index in [1.807, 2.05) is 23.8 Å². The molecule has 1 amide bonds. The maximum Gasteiger partial charge on any atom is 0.237 e. The van der Waals surface area contributed by atoms with Crippen molar-refractivity contribution in [3.05, 3.63) is 22.4 Å². The third kappa shape index (κ3) is 4.85. The molecule has 0 aromatic carbocycles. The van der Waals surface area contributed by atoms with Crippen LogP contribution in [0.3, 0.4) is 0 Å². The molecule has 1 aromatic rings. The van der Waals surface area contributed by atoms with Crippen molar-refractivity contribution in [3.63, 3.8) is 0 Å². The van der Waals surface area contributed by atoms with Gasteiger partial charge in [-0.05, 0) is 42.2 Å². The molecule has 17 heavy (non-hydrogen) atoms. The highest BCUT2D eigenvalue weighted by atomic mass is 32.1. The van der Waals surface area contributed by atoms with E-state index >= 15 is 0 Å². The highest BCUT2D eigenvalue weighted by molar-refractivity contribution is 7.07. The van der Waals surface area contributed by atoms with E-state index in [-0.39, 0.29) is 11.9 Å². The number of methoxy groups -OCH3 is 1. The molecule has 0 radical (unpaired) electrons. The number of thiophene rings is 1. The predicted molar refractivity (Wildman–Crippen MR) is 70.0 cm³/mol. The lowest BCUT2D eigenvalue weighted by atomic mass is 10.1. The molecule has 0 saturated carbocycles. The maximum absolute atomic E-state index is 11.8. The summed E-state index contributed by atoms with van der Waals surface area (Å²) in [6.45, 7) is 2.60. The topological polar surface area (TPSA) is 64.3 Å². The van der Waals surface area contributed by atoms with Crippen LogP contribution in [-0.2, 0) is 9.53 Å². The van der Waals surface area contributed by atoms with Gasteiger partial charge >= 0.3 is 0 Å². The summed E-state index contributed by atoms with van der Waals surface area (Å²) in [6, 6.07) is 1.57. The molecule has 5 heteroatoms. The number of hydrogen-bond donors (Lipinski definition) is 2. The summed E-state index contributed by atoms with van der Waals surface area (Å²) >= 11 is 1.62. The van der Waals surface area contributed by atoms with E-state index in [2.05, 4.69) is 5.32 Å². The molecular weight excluding hydrogens is 236 g/mol. The lowest BCUT2D eigenvalue weighted by Crippen LogP contribution is -2.41. The fourth-order valence-electron chi connectivity index (χ4n) is 1.50. The van der Waals surface area contributed by atoms with Gasteiger partial charge in [-0.3, -0.25) is 4.79 Å². The minimum atomic E-state index is -0.453. The molecule has 1 aromatic heterocycles. The Hall–Kier alpha value is -0.910. The quantitative estimate of drug-likeness (QED) is 0.730. The summed E-state index contributed by atoms with van der Waals surface area (Å²) in [5.74, 6) is -0.0974. The molecule has 0 aliphatic heterocycles. The van der Waals surface area contributed by atoms with E-state index in [0.717, 1.165) is 12.0 Å². The van der Waals surface area contributed by atoms with Crippen LogP contribution in [0, 0.1) is 0 Å². The standard InChI is InChI=1S/C12H20N2O2S/c1-9(10-5-7-17-8-10)14-12(15)11(13)4-3-6-16-2/h5,7-9,11H,3-4,6,13H2,1-2H3,(H,14,15). The van der Waals surface area contributed by atoms with Crippen molar-refractivity contribution in [3.8, 4) is 0 Å². The number of ether oxygens (including phenoxy) is 1. The molecule has 0 bridgehead atoms. The van der Waals surface area contributed by atoms with Crippen LogP contribution in [0.5, 0.6) is 0 Å². The van der Waals surface area contributed by atoms with Crippen LogP contribution < -0.4 is 11.1 Å². The van der Waals surface area contributed by atoms with Gasteiger partial charge in [0.25, 0.3) is 0 Å². The fraction of sp³-hybridized carbons (Fsp3) is 0.583. The molecule has 1 heterocycles. The minimum Gasteiger partial charge on any atom is -0.385 e. The highest BCUT2D eigenvalue weighted by Gasteiger charge is 2.16. The first-order chi connectivity index (χ1) is 8.15. The third-order valence-corrected chi connectivity index (χ3v) is 3.30. The van der Waals surface area contributed by atoms with Crippen LogP contribution in [0.25, 0.3) is 0 Å². The van der Waals surface area contributed by atoms with E-state index in [9.17, 15) is 4.79 Å². The Morgan fingerprint density at radius 3 is 3.00 bits per heavy atom. The average Bonchev–Trinajstić information content (AvgIpc) is 2.82. The van der Waals surface area contributed by atoms with E-state index in [4.69, 9.17) is 10.5 Å². The molecule has 0 fully saturated rings. The monoisotopic (exact) mass is 256 g/mol. The van der Waals surface area contributed by atoms with Crippen LogP contribution >= 0.6 is 11.3 Å². The smallest absolute Gasteiger partial charge is 0.237 e. The number of carbonyl (C=O) groups excluding carboxylic acids is 1. The first-order valence-corrected chi connectivity index (χ1v) is 6.66. The zero-order valence-electron chi connectivity index (χ0n) is 10.3. The van der Waals surface area contributed by atoms with Crippen LogP contribution in [-0.4, -0.2) is 25.7 Å². The van der Waals surface area contributed by atoms with Crippen LogP contribution in [0.2, 0.25) is 0 Å². The lowest BCUT2D eigenvalue weighted by Gasteiger charge is -2.16. The van der Waals surface area contributed by atoms with Gasteiger partial charge in [0.2, 0.25) is 5.91 Å². The number of hydrogen-bond acceptors (Lipinski definition) is 4. The second-order valence-corrected chi connectivity index (χ2v) is 4.81. The summed E-state index contributed by atoms with van der Waals surface area (Å²) in [7, 11) is 1.64. The molecule has 2 unspecified atom stereocenters. The van der Waals surface area contributed by atoms with E-state index in [1.165, 1.54) is 0 Å². The van der Waals surface area contributed by atoms with Gasteiger partial charge < -0.3 is 15.8 Å². The van der Waals surface area contributed by atoms with Crippen LogP contribution in [0.1, 0.15) is 31.4 Å². The first-order valence-electron chi connectivity index (χ1n) is 5.72. The average molecular weight is 256 g/mol. The van der Waals surface area contributed by atoms with E-state index in [1.54, 1.807) is 18.4 Å². The Morgan fingerprint density at radius 1 is 1.65 bits per heavy atom. The van der Waals surface area contributed by atoms with Crippen molar-refractivity contribution in [2.24, 2.45) is 5.73 Å². The van der Waals surface area contributed by atoms with Crippen molar-refractivity contribution >= 4 is 17.2 Å². The number of carbonyl (C=O) groups is 1. The zero-order valence-corrected chi connectivity index (χ0v) is 11.1. The predicted octanol–water partition coefficient (Wildman–Crippen LogP) is 1.68. The lowest BCUT2D eigenvalue weighted by molar-refractivity contribution is -0.123. The molecule has 0 aliphatic rings. The summed E-state index contributed by atoms with van der Waals surface area (Å²) in [5, 5.41) is 6.94. The van der Waals surface area contributed by atoms with Gasteiger partial charge in [-0.15, -0.1) is 0 Å². The van der Waals surface area contributed by atoms with Gasteiger partial charge in [0.15, 0.2) is 0 Å². The molecule has 0 spiro atoms. The number of rotatable bonds is 7. The molecule has 4 nitrogen and oxygen atoms in total. The largest absolute Gasteiger partial charge is 0.385 e. The van der Waals surface area contributed by atoms with Gasteiger partial charge in [-0.1, -0.05) is 0 Å². The van der Waals surface area contributed by atoms with E-state index < -0.39 is 6.04 Å². The molecule has 2 atom stereocenters. The Kier molecular flexibility index (Phi) is 6.18. The normalized spacial score (nSPS) is 14.3. The number of nitrogens with two attached hydrogens (primary N) is 1. The zero-order chi connectivity index (χ0) is 12.7. The summed E-state index contributed by atoms with van der Waals surface area (Å²) < 4.78 is 4.93. The van der Waals surface area contributed by atoms with Gasteiger partial charge in [0.05, 0.1) is 12.1 Å². The highest BCUT2D eigenvalue weighted by Crippen LogP contribution is 2.15.